The molecule has 3 atom stereocenters. The highest BCUT2D eigenvalue weighted by molar-refractivity contribution is 7.47. The number of allylic oxidation sites excluding steroid dienone is 12. The van der Waals surface area contributed by atoms with E-state index in [4.69, 9.17) is 24.3 Å². The molecule has 0 aromatic carbocycles. The second-order valence-electron chi connectivity index (χ2n) is 13.0. The summed E-state index contributed by atoms with van der Waals surface area (Å²) in [5, 5.41) is 10.0. The largest absolute Gasteiger partial charge is 0.472 e. The van der Waals surface area contributed by atoms with Crippen molar-refractivity contribution in [3.63, 3.8) is 0 Å². The molecule has 0 aliphatic carbocycles. The quantitative estimate of drug-likeness (QED) is 0.0184. The van der Waals surface area contributed by atoms with E-state index in [1.165, 1.54) is 19.3 Å². The van der Waals surface area contributed by atoms with Crippen molar-refractivity contribution in [2.24, 2.45) is 5.73 Å². The summed E-state index contributed by atoms with van der Waals surface area (Å²) in [5.41, 5.74) is 5.33. The highest BCUT2D eigenvalue weighted by atomic mass is 31.2. The maximum absolute atomic E-state index is 12.5. The minimum absolute atomic E-state index is 0.0292. The number of carbonyl (C=O) groups is 2. The lowest BCUT2D eigenvalue weighted by Gasteiger charge is -2.19. The third kappa shape index (κ3) is 37.5. The fourth-order valence-corrected chi connectivity index (χ4v) is 5.61. The van der Waals surface area contributed by atoms with Gasteiger partial charge in [0, 0.05) is 19.4 Å². The van der Waals surface area contributed by atoms with Gasteiger partial charge < -0.3 is 25.2 Å². The van der Waals surface area contributed by atoms with Crippen LogP contribution in [0.2, 0.25) is 0 Å². The number of phosphoric acid groups is 1. The maximum atomic E-state index is 12.5. The fourth-order valence-electron chi connectivity index (χ4n) is 4.84. The number of esters is 2. The molecule has 11 heteroatoms. The van der Waals surface area contributed by atoms with E-state index in [-0.39, 0.29) is 32.6 Å². The van der Waals surface area contributed by atoms with E-state index in [1.54, 1.807) is 6.08 Å². The van der Waals surface area contributed by atoms with Crippen molar-refractivity contribution in [2.45, 2.75) is 148 Å². The van der Waals surface area contributed by atoms with Crippen LogP contribution in [-0.2, 0) is 32.7 Å². The van der Waals surface area contributed by atoms with E-state index < -0.39 is 38.6 Å². The molecule has 0 fully saturated rings. The molecule has 4 N–H and O–H groups in total. The first-order chi connectivity index (χ1) is 26.2. The van der Waals surface area contributed by atoms with Crippen LogP contribution in [0.25, 0.3) is 0 Å². The molecule has 0 saturated heterocycles. The standard InChI is InChI=1S/C43H72NO9P/c1-3-5-7-9-11-12-13-14-15-16-17-18-23-27-31-35-43(47)53-41(39-52-54(48,49)51-37-36-44)38-50-42(46)34-30-26-22-20-19-21-25-29-33-40(45)32-28-24-10-8-6-4-2/h5,7,11-12,14-15,20-22,24-25,28-29,33,40-41,45H,3-4,6,8-10,13,16-19,23,26-27,30-32,34-39,44H2,1-2H3,(H,48,49)/b7-5-,12-11-,15-14-,22-20-,25-21-,28-24-,33-29+/t40-,41-/m1/s1. The molecule has 0 heterocycles. The van der Waals surface area contributed by atoms with Gasteiger partial charge in [-0.3, -0.25) is 18.6 Å². The van der Waals surface area contributed by atoms with Gasteiger partial charge in [0.1, 0.15) is 6.61 Å². The number of nitrogens with two attached hydrogens (primary N) is 1. The van der Waals surface area contributed by atoms with E-state index in [0.29, 0.717) is 25.7 Å². The van der Waals surface area contributed by atoms with Gasteiger partial charge in [-0.05, 0) is 77.0 Å². The number of rotatable bonds is 36. The van der Waals surface area contributed by atoms with Crippen LogP contribution in [0.5, 0.6) is 0 Å². The third-order valence-corrected chi connectivity index (χ3v) is 8.83. The van der Waals surface area contributed by atoms with Gasteiger partial charge in [0.2, 0.25) is 0 Å². The molecular weight excluding hydrogens is 705 g/mol. The molecule has 0 aromatic heterocycles. The second kappa shape index (κ2) is 38.4. The van der Waals surface area contributed by atoms with E-state index >= 15 is 0 Å². The van der Waals surface area contributed by atoms with Crippen molar-refractivity contribution in [3.8, 4) is 0 Å². The van der Waals surface area contributed by atoms with Gasteiger partial charge >= 0.3 is 19.8 Å². The summed E-state index contributed by atoms with van der Waals surface area (Å²) < 4.78 is 32.6. The Hall–Kier alpha value is -2.85. The van der Waals surface area contributed by atoms with Crippen molar-refractivity contribution in [1.29, 1.82) is 0 Å². The number of phosphoric ester groups is 1. The maximum Gasteiger partial charge on any atom is 0.472 e. The Labute approximate surface area is 326 Å². The molecule has 0 spiro atoms. The Kier molecular flexibility index (Phi) is 36.4. The first-order valence-electron chi connectivity index (χ1n) is 20.2. The number of hydrogen-bond acceptors (Lipinski definition) is 9. The molecule has 0 rings (SSSR count). The number of unbranched alkanes of at least 4 members (excludes halogenated alkanes) is 9. The Bertz CT molecular complexity index is 1180. The number of aliphatic hydroxyl groups excluding tert-OH is 1. The van der Waals surface area contributed by atoms with Gasteiger partial charge in [0.25, 0.3) is 0 Å². The molecule has 0 aliphatic heterocycles. The van der Waals surface area contributed by atoms with Crippen molar-refractivity contribution < 1.29 is 42.7 Å². The van der Waals surface area contributed by atoms with Crippen LogP contribution >= 0.6 is 7.82 Å². The number of carbonyl (C=O) groups excluding carboxylic acids is 2. The monoisotopic (exact) mass is 777 g/mol. The molecule has 54 heavy (non-hydrogen) atoms. The van der Waals surface area contributed by atoms with Gasteiger partial charge in [-0.15, -0.1) is 0 Å². The van der Waals surface area contributed by atoms with Crippen LogP contribution in [-0.4, -0.2) is 60.5 Å². The van der Waals surface area contributed by atoms with E-state index in [0.717, 1.165) is 64.2 Å². The van der Waals surface area contributed by atoms with E-state index in [2.05, 4.69) is 56.4 Å². The summed E-state index contributed by atoms with van der Waals surface area (Å²) in [5.74, 6) is -0.964. The molecule has 0 aliphatic rings. The average Bonchev–Trinajstić information content (AvgIpc) is 3.15. The van der Waals surface area contributed by atoms with Gasteiger partial charge in [-0.2, -0.15) is 0 Å². The molecule has 10 nitrogen and oxygen atoms in total. The lowest BCUT2D eigenvalue weighted by Crippen LogP contribution is -2.29. The predicted octanol–water partition coefficient (Wildman–Crippen LogP) is 10.2. The Morgan fingerprint density at radius 2 is 1.26 bits per heavy atom. The Balaban J connectivity index is 4.40. The highest BCUT2D eigenvalue weighted by Gasteiger charge is 2.25. The summed E-state index contributed by atoms with van der Waals surface area (Å²) in [6.07, 6.45) is 43.6. The van der Waals surface area contributed by atoms with Crippen molar-refractivity contribution in [2.75, 3.05) is 26.4 Å². The second-order valence-corrected chi connectivity index (χ2v) is 14.4. The average molecular weight is 778 g/mol. The van der Waals surface area contributed by atoms with Crippen molar-refractivity contribution in [3.05, 3.63) is 85.1 Å². The number of ether oxygens (including phenoxy) is 2. The van der Waals surface area contributed by atoms with Crippen LogP contribution in [0.3, 0.4) is 0 Å². The summed E-state index contributed by atoms with van der Waals surface area (Å²) in [6.45, 7) is 3.38. The van der Waals surface area contributed by atoms with Crippen molar-refractivity contribution >= 4 is 19.8 Å². The predicted molar refractivity (Wildman–Crippen MR) is 221 cm³/mol. The minimum Gasteiger partial charge on any atom is -0.462 e. The highest BCUT2D eigenvalue weighted by Crippen LogP contribution is 2.43. The van der Waals surface area contributed by atoms with Crippen LogP contribution in [0.15, 0.2) is 85.1 Å². The molecule has 1 unspecified atom stereocenters. The normalized spacial score (nSPS) is 14.8. The lowest BCUT2D eigenvalue weighted by atomic mass is 10.1. The number of aliphatic hydroxyl groups is 1. The van der Waals surface area contributed by atoms with Gasteiger partial charge in [0.05, 0.1) is 19.3 Å². The smallest absolute Gasteiger partial charge is 0.462 e. The summed E-state index contributed by atoms with van der Waals surface area (Å²) >= 11 is 0. The van der Waals surface area contributed by atoms with Gasteiger partial charge in [-0.25, -0.2) is 4.57 Å². The Morgan fingerprint density at radius 1 is 0.667 bits per heavy atom. The summed E-state index contributed by atoms with van der Waals surface area (Å²) in [6, 6.07) is 0. The Morgan fingerprint density at radius 3 is 1.96 bits per heavy atom. The zero-order valence-electron chi connectivity index (χ0n) is 33.3. The molecule has 0 aromatic rings. The summed E-state index contributed by atoms with van der Waals surface area (Å²) in [4.78, 5) is 34.8. The SMILES string of the molecule is CC/C=C\C/C=C\C/C=C\CCCCCCCC(=O)O[C@H](COC(=O)CCC/C=C\C/C=C\C=C\[C@H](O)C/C=C\CCCCC)COP(=O)(O)OCCN. The van der Waals surface area contributed by atoms with Gasteiger partial charge in [0.15, 0.2) is 6.10 Å². The van der Waals surface area contributed by atoms with E-state index in [9.17, 15) is 24.2 Å². The van der Waals surface area contributed by atoms with Crippen LogP contribution < -0.4 is 5.73 Å². The summed E-state index contributed by atoms with van der Waals surface area (Å²) in [7, 11) is -4.41. The van der Waals surface area contributed by atoms with Gasteiger partial charge in [-0.1, -0.05) is 131 Å². The molecule has 0 saturated carbocycles. The van der Waals surface area contributed by atoms with Crippen molar-refractivity contribution in [1.82, 2.24) is 0 Å². The third-order valence-electron chi connectivity index (χ3n) is 7.85. The lowest BCUT2D eigenvalue weighted by molar-refractivity contribution is -0.161. The fraction of sp³-hybridized carbons (Fsp3) is 0.628. The molecule has 0 bridgehead atoms. The number of hydrogen-bond donors (Lipinski definition) is 3. The zero-order chi connectivity index (χ0) is 39.8. The first-order valence-corrected chi connectivity index (χ1v) is 21.7. The zero-order valence-corrected chi connectivity index (χ0v) is 34.2. The molecule has 308 valence electrons. The molecule has 0 radical (unpaired) electrons. The molecular formula is C43H72NO9P. The van der Waals surface area contributed by atoms with E-state index in [1.807, 2.05) is 36.5 Å². The van der Waals surface area contributed by atoms with Crippen LogP contribution in [0, 0.1) is 0 Å². The minimum atomic E-state index is -4.41. The first kappa shape index (κ1) is 51.1. The topological polar surface area (TPSA) is 155 Å². The van der Waals surface area contributed by atoms with Crippen LogP contribution in [0.4, 0.5) is 0 Å². The molecule has 0 amide bonds. The van der Waals surface area contributed by atoms with Crippen LogP contribution in [0.1, 0.15) is 136 Å².